The number of hydrogen-bond acceptors (Lipinski definition) is 1. The van der Waals surface area contributed by atoms with E-state index in [1.165, 1.54) is 11.1 Å². The molecule has 0 saturated heterocycles. The van der Waals surface area contributed by atoms with Gasteiger partial charge < -0.3 is 12.6 Å². The van der Waals surface area contributed by atoms with Crippen LogP contribution in [0.3, 0.4) is 0 Å². The van der Waals surface area contributed by atoms with E-state index in [2.05, 4.69) is 39.0 Å². The molecule has 17 heavy (non-hydrogen) atoms. The van der Waals surface area contributed by atoms with Gasteiger partial charge in [-0.15, -0.1) is 0 Å². The summed E-state index contributed by atoms with van der Waals surface area (Å²) in [7, 11) is 0. The van der Waals surface area contributed by atoms with Crippen molar-refractivity contribution in [3.8, 4) is 0 Å². The van der Waals surface area contributed by atoms with Crippen molar-refractivity contribution in [1.29, 1.82) is 0 Å². The van der Waals surface area contributed by atoms with E-state index in [-0.39, 0.29) is 22.5 Å². The van der Waals surface area contributed by atoms with Crippen LogP contribution in [0.15, 0.2) is 65.1 Å². The van der Waals surface area contributed by atoms with Crippen molar-refractivity contribution in [2.75, 3.05) is 0 Å². The average Bonchev–Trinajstić information content (AvgIpc) is 2.91. The Bertz CT molecular complexity index is 372. The van der Waals surface area contributed by atoms with Crippen molar-refractivity contribution in [1.82, 2.24) is 0 Å². The van der Waals surface area contributed by atoms with E-state index < -0.39 is 0 Å². The molecule has 0 heterocycles. The maximum Gasteiger partial charge on any atom is 2.00 e. The molecule has 0 aromatic heterocycles. The minimum absolute atomic E-state index is 0. The van der Waals surface area contributed by atoms with Crippen LogP contribution >= 0.6 is 0 Å². The molecule has 92 valence electrons. The Balaban J connectivity index is 0.000000360. The summed E-state index contributed by atoms with van der Waals surface area (Å²) in [6.07, 6.45) is 6.25. The monoisotopic (exact) mass is 286 g/mol. The molecule has 0 saturated carbocycles. The van der Waals surface area contributed by atoms with Gasteiger partial charge in [0.25, 0.3) is 0 Å². The molecule has 2 heteroatoms. The number of rotatable bonds is 0. The molecule has 0 spiro atoms. The summed E-state index contributed by atoms with van der Waals surface area (Å²) in [4.78, 5) is 0. The van der Waals surface area contributed by atoms with Crippen LogP contribution in [-0.2, 0) is 29.7 Å². The van der Waals surface area contributed by atoms with Crippen LogP contribution in [0.25, 0.3) is 0 Å². The fourth-order valence-corrected chi connectivity index (χ4v) is 1.75. The summed E-state index contributed by atoms with van der Waals surface area (Å²) in [6, 6.07) is 10.0. The van der Waals surface area contributed by atoms with E-state index >= 15 is 0 Å². The molecule has 0 fully saturated rings. The molecule has 0 nitrogen and oxygen atoms in total. The Hall–Kier alpha value is -0.691. The van der Waals surface area contributed by atoms with E-state index in [4.69, 9.17) is 12.6 Å². The summed E-state index contributed by atoms with van der Waals surface area (Å²) < 4.78 is 0. The van der Waals surface area contributed by atoms with Crippen molar-refractivity contribution in [3.05, 3.63) is 65.1 Å². The molecule has 0 amide bonds. The van der Waals surface area contributed by atoms with E-state index in [1.54, 1.807) is 5.41 Å². The smallest absolute Gasteiger partial charge is 0.787 e. The van der Waals surface area contributed by atoms with Crippen LogP contribution in [0.1, 0.15) is 20.8 Å². The molecule has 2 rings (SSSR count). The zero-order valence-electron chi connectivity index (χ0n) is 10.5. The molecule has 0 aliphatic heterocycles. The van der Waals surface area contributed by atoms with Gasteiger partial charge >= 0.3 is 17.1 Å². The average molecular weight is 286 g/mol. The summed E-state index contributed by atoms with van der Waals surface area (Å²) in [6.45, 7) is 6.60. The molecule has 1 aliphatic rings. The molecular formula is C15H18FeS. The Kier molecular flexibility index (Phi) is 7.29. The number of hydrogen-bond donors (Lipinski definition) is 0. The largest absolute Gasteiger partial charge is 2.00 e. The first-order chi connectivity index (χ1) is 7.55. The molecule has 0 bridgehead atoms. The van der Waals surface area contributed by atoms with Crippen LogP contribution in [0.2, 0.25) is 0 Å². The van der Waals surface area contributed by atoms with E-state index in [0.717, 1.165) is 0 Å². The molecule has 1 aromatic rings. The van der Waals surface area contributed by atoms with E-state index in [1.807, 2.05) is 30.3 Å². The summed E-state index contributed by atoms with van der Waals surface area (Å²) in [5.41, 5.74) is 2.74. The Morgan fingerprint density at radius 3 is 2.06 bits per heavy atom. The molecular weight excluding hydrogens is 268 g/mol. The predicted octanol–water partition coefficient (Wildman–Crippen LogP) is 4.36. The van der Waals surface area contributed by atoms with Crippen molar-refractivity contribution >= 4 is 12.6 Å². The second kappa shape index (κ2) is 7.60. The summed E-state index contributed by atoms with van der Waals surface area (Å²) in [5, 5.41) is 1.75. The normalized spacial score (nSPS) is 15.9. The third-order valence-electron chi connectivity index (χ3n) is 2.34. The van der Waals surface area contributed by atoms with Gasteiger partial charge in [-0.1, -0.05) is 39.0 Å². The molecule has 0 unspecified atom stereocenters. The zero-order valence-corrected chi connectivity index (χ0v) is 12.4. The second-order valence-electron chi connectivity index (χ2n) is 4.72. The van der Waals surface area contributed by atoms with Crippen molar-refractivity contribution in [3.63, 3.8) is 0 Å². The van der Waals surface area contributed by atoms with Gasteiger partial charge in [0, 0.05) is 0 Å². The zero-order chi connectivity index (χ0) is 12.0. The van der Waals surface area contributed by atoms with Crippen molar-refractivity contribution < 1.29 is 17.1 Å². The first kappa shape index (κ1) is 16.3. The topological polar surface area (TPSA) is 0 Å². The molecule has 0 atom stereocenters. The molecule has 1 aliphatic carbocycles. The van der Waals surface area contributed by atoms with Crippen molar-refractivity contribution in [2.45, 2.75) is 20.8 Å². The minimum Gasteiger partial charge on any atom is -0.787 e. The van der Waals surface area contributed by atoms with Crippen LogP contribution in [0.4, 0.5) is 0 Å². The van der Waals surface area contributed by atoms with Gasteiger partial charge in [-0.25, -0.2) is 17.5 Å². The maximum atomic E-state index is 4.90. The number of allylic oxidation sites excluding steroid dienone is 5. The van der Waals surface area contributed by atoms with Gasteiger partial charge in [0.1, 0.15) is 0 Å². The van der Waals surface area contributed by atoms with Gasteiger partial charge in [0.05, 0.1) is 0 Å². The molecule has 0 N–H and O–H groups in total. The van der Waals surface area contributed by atoms with E-state index in [0.29, 0.717) is 0 Å². The fourth-order valence-electron chi connectivity index (χ4n) is 1.54. The first-order valence-corrected chi connectivity index (χ1v) is 5.91. The SMILES string of the molecule is CC(C)(C)C1=CC=CC1=C[S-].[Fe+2].c1cc[cH-]c1. The van der Waals surface area contributed by atoms with Gasteiger partial charge in [-0.3, -0.25) is 0 Å². The standard InChI is InChI=1S/C10H14S.C5H5.Fe/c1-10(2,3)9-6-4-5-8(9)7-11;1-2-4-5-3-1;/h4-7,11H,1-3H3;1-5H;/q;-1;+2/p-1. The quantitative estimate of drug-likeness (QED) is 0.388. The van der Waals surface area contributed by atoms with Crippen molar-refractivity contribution in [2.24, 2.45) is 5.41 Å². The predicted molar refractivity (Wildman–Crippen MR) is 74.2 cm³/mol. The Labute approximate surface area is 121 Å². The third kappa shape index (κ3) is 5.45. The van der Waals surface area contributed by atoms with Gasteiger partial charge in [-0.05, 0) is 16.6 Å². The second-order valence-corrected chi connectivity index (χ2v) is 4.96. The minimum atomic E-state index is 0. The first-order valence-electron chi connectivity index (χ1n) is 5.44. The third-order valence-corrected chi connectivity index (χ3v) is 2.59. The van der Waals surface area contributed by atoms with Crippen LogP contribution in [-0.4, -0.2) is 0 Å². The van der Waals surface area contributed by atoms with Gasteiger partial charge in [0.2, 0.25) is 0 Å². The van der Waals surface area contributed by atoms with Gasteiger partial charge in [0.15, 0.2) is 0 Å². The van der Waals surface area contributed by atoms with Crippen LogP contribution < -0.4 is 0 Å². The molecule has 0 radical (unpaired) electrons. The van der Waals surface area contributed by atoms with Gasteiger partial charge in [-0.2, -0.15) is 18.2 Å². The van der Waals surface area contributed by atoms with E-state index in [9.17, 15) is 0 Å². The maximum absolute atomic E-state index is 4.90. The Morgan fingerprint density at radius 2 is 1.76 bits per heavy atom. The summed E-state index contributed by atoms with van der Waals surface area (Å²) >= 11 is 4.90. The van der Waals surface area contributed by atoms with Crippen LogP contribution in [0.5, 0.6) is 0 Å². The fraction of sp³-hybridized carbons (Fsp3) is 0.267. The Morgan fingerprint density at radius 1 is 1.18 bits per heavy atom. The molecule has 1 aromatic carbocycles. The van der Waals surface area contributed by atoms with Crippen LogP contribution in [0, 0.1) is 5.41 Å². The summed E-state index contributed by atoms with van der Waals surface area (Å²) in [5.74, 6) is 0.